The van der Waals surface area contributed by atoms with Crippen molar-refractivity contribution in [3.63, 3.8) is 0 Å². The fraction of sp³-hybridized carbons (Fsp3) is 0.632. The Hall–Kier alpha value is -1.76. The number of halogens is 3. The topological polar surface area (TPSA) is 41.6 Å². The molecule has 1 saturated carbocycles. The maximum absolute atomic E-state index is 12.3. The molecule has 0 aromatic heterocycles. The Labute approximate surface area is 151 Å². The molecule has 144 valence electrons. The van der Waals surface area contributed by atoms with Gasteiger partial charge in [-0.15, -0.1) is 13.2 Å². The molecule has 1 amide bonds. The number of ether oxygens (including phenoxy) is 1. The van der Waals surface area contributed by atoms with Gasteiger partial charge in [0.1, 0.15) is 5.75 Å². The van der Waals surface area contributed by atoms with Crippen molar-refractivity contribution in [2.45, 2.75) is 26.6 Å². The van der Waals surface area contributed by atoms with Crippen molar-refractivity contribution < 1.29 is 22.7 Å². The van der Waals surface area contributed by atoms with Crippen LogP contribution in [-0.4, -0.2) is 43.3 Å². The van der Waals surface area contributed by atoms with E-state index < -0.39 is 6.36 Å². The number of hydrogen-bond donors (Lipinski definition) is 1. The van der Waals surface area contributed by atoms with Crippen LogP contribution in [0, 0.1) is 23.7 Å². The number of rotatable bonds is 7. The lowest BCUT2D eigenvalue weighted by Gasteiger charge is -2.22. The summed E-state index contributed by atoms with van der Waals surface area (Å²) in [6.45, 7) is 8.35. The molecule has 26 heavy (non-hydrogen) atoms. The van der Waals surface area contributed by atoms with Crippen molar-refractivity contribution in [3.05, 3.63) is 29.8 Å². The van der Waals surface area contributed by atoms with Crippen molar-refractivity contribution in [2.24, 2.45) is 23.7 Å². The SMILES string of the molecule is CCC(C)CN1CC2C(CNC(=O)c3cccc(OC(F)(F)F)c3)C2C1. The number of nitrogens with one attached hydrogen (secondary N) is 1. The second-order valence-corrected chi connectivity index (χ2v) is 7.51. The summed E-state index contributed by atoms with van der Waals surface area (Å²) < 4.78 is 40.7. The molecule has 1 saturated heterocycles. The first-order valence-corrected chi connectivity index (χ1v) is 9.13. The lowest BCUT2D eigenvalue weighted by Crippen LogP contribution is -2.32. The maximum Gasteiger partial charge on any atom is 0.573 e. The Bertz CT molecular complexity index is 638. The smallest absolute Gasteiger partial charge is 0.406 e. The van der Waals surface area contributed by atoms with Crippen LogP contribution in [0.15, 0.2) is 24.3 Å². The van der Waals surface area contributed by atoms with Crippen molar-refractivity contribution in [1.82, 2.24) is 10.2 Å². The normalized spacial score (nSPS) is 26.3. The Morgan fingerprint density at radius 3 is 2.65 bits per heavy atom. The van der Waals surface area contributed by atoms with E-state index in [2.05, 4.69) is 28.8 Å². The van der Waals surface area contributed by atoms with Gasteiger partial charge in [0.25, 0.3) is 5.91 Å². The summed E-state index contributed by atoms with van der Waals surface area (Å²) in [5.41, 5.74) is 0.177. The predicted molar refractivity (Wildman–Crippen MR) is 91.8 cm³/mol. The molecule has 3 unspecified atom stereocenters. The van der Waals surface area contributed by atoms with E-state index in [0.29, 0.717) is 30.2 Å². The molecule has 1 aromatic carbocycles. The van der Waals surface area contributed by atoms with Crippen LogP contribution in [0.2, 0.25) is 0 Å². The van der Waals surface area contributed by atoms with Gasteiger partial charge in [-0.1, -0.05) is 26.3 Å². The average molecular weight is 370 g/mol. The van der Waals surface area contributed by atoms with Gasteiger partial charge in [0.2, 0.25) is 0 Å². The molecule has 3 rings (SSSR count). The number of alkyl halides is 3. The molecule has 1 aliphatic carbocycles. The average Bonchev–Trinajstić information content (AvgIpc) is 3.02. The fourth-order valence-corrected chi connectivity index (χ4v) is 3.91. The van der Waals surface area contributed by atoms with Gasteiger partial charge >= 0.3 is 6.36 Å². The van der Waals surface area contributed by atoms with Crippen LogP contribution in [0.25, 0.3) is 0 Å². The highest BCUT2D eigenvalue weighted by Crippen LogP contribution is 2.51. The standard InChI is InChI=1S/C19H25F3N2O2/c1-3-12(2)9-24-10-16-15(17(16)11-24)8-23-18(25)13-5-4-6-14(7-13)26-19(20,21)22/h4-7,12,15-17H,3,8-11H2,1-2H3,(H,23,25). The number of carbonyl (C=O) groups excluding carboxylic acids is 1. The van der Waals surface area contributed by atoms with Crippen molar-refractivity contribution in [3.8, 4) is 5.75 Å². The van der Waals surface area contributed by atoms with E-state index in [1.807, 2.05) is 0 Å². The maximum atomic E-state index is 12.3. The van der Waals surface area contributed by atoms with Crippen LogP contribution in [0.5, 0.6) is 5.75 Å². The summed E-state index contributed by atoms with van der Waals surface area (Å²) in [6.07, 6.45) is -3.58. The van der Waals surface area contributed by atoms with Gasteiger partial charge in [-0.05, 0) is 41.9 Å². The molecule has 1 aliphatic heterocycles. The number of carbonyl (C=O) groups is 1. The summed E-state index contributed by atoms with van der Waals surface area (Å²) >= 11 is 0. The molecule has 2 aliphatic rings. The van der Waals surface area contributed by atoms with Gasteiger partial charge in [-0.2, -0.15) is 0 Å². The molecule has 4 nitrogen and oxygen atoms in total. The van der Waals surface area contributed by atoms with E-state index in [-0.39, 0.29) is 17.2 Å². The highest BCUT2D eigenvalue weighted by molar-refractivity contribution is 5.94. The van der Waals surface area contributed by atoms with E-state index >= 15 is 0 Å². The number of fused-ring (bicyclic) bond motifs is 1. The third kappa shape index (κ3) is 4.69. The number of likely N-dealkylation sites (tertiary alicyclic amines) is 1. The number of benzene rings is 1. The largest absolute Gasteiger partial charge is 0.573 e. The zero-order chi connectivity index (χ0) is 18.9. The van der Waals surface area contributed by atoms with Crippen molar-refractivity contribution in [1.29, 1.82) is 0 Å². The molecule has 0 bridgehead atoms. The predicted octanol–water partition coefficient (Wildman–Crippen LogP) is 3.54. The van der Waals surface area contributed by atoms with E-state index in [1.165, 1.54) is 24.6 Å². The van der Waals surface area contributed by atoms with Gasteiger partial charge in [0.05, 0.1) is 0 Å². The Balaban J connectivity index is 1.44. The summed E-state index contributed by atoms with van der Waals surface area (Å²) in [6, 6.07) is 5.17. The van der Waals surface area contributed by atoms with Crippen molar-refractivity contribution >= 4 is 5.91 Å². The second kappa shape index (κ2) is 7.47. The Morgan fingerprint density at radius 2 is 2.04 bits per heavy atom. The molecule has 0 spiro atoms. The number of amides is 1. The highest BCUT2D eigenvalue weighted by atomic mass is 19.4. The number of nitrogens with zero attached hydrogens (tertiary/aromatic N) is 1. The van der Waals surface area contributed by atoms with Crippen molar-refractivity contribution in [2.75, 3.05) is 26.2 Å². The van der Waals surface area contributed by atoms with E-state index in [9.17, 15) is 18.0 Å². The second-order valence-electron chi connectivity index (χ2n) is 7.51. The summed E-state index contributed by atoms with van der Waals surface area (Å²) in [5.74, 6) is 1.73. The monoisotopic (exact) mass is 370 g/mol. The summed E-state index contributed by atoms with van der Waals surface area (Å²) in [4.78, 5) is 14.7. The molecule has 2 fully saturated rings. The fourth-order valence-electron chi connectivity index (χ4n) is 3.91. The molecular formula is C19H25F3N2O2. The van der Waals surface area contributed by atoms with Crippen LogP contribution < -0.4 is 10.1 Å². The van der Waals surface area contributed by atoms with Crippen LogP contribution >= 0.6 is 0 Å². The minimum atomic E-state index is -4.76. The number of piperidine rings is 1. The molecule has 0 radical (unpaired) electrons. The van der Waals surface area contributed by atoms with Crippen LogP contribution in [0.4, 0.5) is 13.2 Å². The summed E-state index contributed by atoms with van der Waals surface area (Å²) in [7, 11) is 0. The van der Waals surface area contributed by atoms with E-state index in [4.69, 9.17) is 0 Å². The first-order chi connectivity index (χ1) is 12.3. The first-order valence-electron chi connectivity index (χ1n) is 9.13. The highest BCUT2D eigenvalue weighted by Gasteiger charge is 2.55. The quantitative estimate of drug-likeness (QED) is 0.798. The minimum Gasteiger partial charge on any atom is -0.406 e. The third-order valence-corrected chi connectivity index (χ3v) is 5.54. The molecule has 1 N–H and O–H groups in total. The van der Waals surface area contributed by atoms with E-state index in [0.717, 1.165) is 25.7 Å². The molecular weight excluding hydrogens is 345 g/mol. The molecule has 1 aromatic rings. The zero-order valence-electron chi connectivity index (χ0n) is 15.1. The van der Waals surface area contributed by atoms with Crippen LogP contribution in [0.1, 0.15) is 30.6 Å². The molecule has 3 atom stereocenters. The number of hydrogen-bond acceptors (Lipinski definition) is 3. The van der Waals surface area contributed by atoms with Crippen LogP contribution in [0.3, 0.4) is 0 Å². The Kier molecular flexibility index (Phi) is 5.46. The van der Waals surface area contributed by atoms with Gasteiger partial charge in [0.15, 0.2) is 0 Å². The lowest BCUT2D eigenvalue weighted by atomic mass is 10.1. The van der Waals surface area contributed by atoms with Gasteiger partial charge in [-0.25, -0.2) is 0 Å². The summed E-state index contributed by atoms with van der Waals surface area (Å²) in [5, 5.41) is 2.85. The zero-order valence-corrected chi connectivity index (χ0v) is 15.1. The molecule has 7 heteroatoms. The van der Waals surface area contributed by atoms with Gasteiger partial charge in [0, 0.05) is 31.7 Å². The third-order valence-electron chi connectivity index (χ3n) is 5.54. The molecule has 1 heterocycles. The van der Waals surface area contributed by atoms with E-state index in [1.54, 1.807) is 0 Å². The van der Waals surface area contributed by atoms with Gasteiger partial charge in [-0.3, -0.25) is 4.79 Å². The lowest BCUT2D eigenvalue weighted by molar-refractivity contribution is -0.274. The van der Waals surface area contributed by atoms with Gasteiger partial charge < -0.3 is 15.0 Å². The van der Waals surface area contributed by atoms with Crippen LogP contribution in [-0.2, 0) is 0 Å². The Morgan fingerprint density at radius 1 is 1.35 bits per heavy atom. The minimum absolute atomic E-state index is 0.177. The first kappa shape index (κ1) is 19.0.